The molecule has 0 saturated heterocycles. The van der Waals surface area contributed by atoms with Gasteiger partial charge in [-0.1, -0.05) is 30.4 Å². The predicted octanol–water partition coefficient (Wildman–Crippen LogP) is 10.7. The van der Waals surface area contributed by atoms with Gasteiger partial charge in [-0.25, -0.2) is 13.2 Å². The maximum Gasteiger partial charge on any atom is 0.573 e. The average molecular weight is 617 g/mol. The molecule has 0 bridgehead atoms. The largest absolute Gasteiger partial charge is 0.573 e. The van der Waals surface area contributed by atoms with Crippen molar-refractivity contribution in [1.82, 2.24) is 0 Å². The van der Waals surface area contributed by atoms with E-state index in [2.05, 4.69) is 16.9 Å². The summed E-state index contributed by atoms with van der Waals surface area (Å²) in [5.41, 5.74) is 0.200. The van der Waals surface area contributed by atoms with Crippen molar-refractivity contribution in [3.8, 4) is 5.75 Å². The van der Waals surface area contributed by atoms with Crippen molar-refractivity contribution in [3.63, 3.8) is 0 Å². The molecule has 2 nitrogen and oxygen atoms in total. The number of aryl methyl sites for hydroxylation is 1. The van der Waals surface area contributed by atoms with Gasteiger partial charge < -0.3 is 9.47 Å². The second kappa shape index (κ2) is 14.3. The summed E-state index contributed by atoms with van der Waals surface area (Å²) in [5, 5.41) is 0. The third kappa shape index (κ3) is 9.30. The van der Waals surface area contributed by atoms with Crippen LogP contribution in [0.5, 0.6) is 5.75 Å². The molecule has 2 aliphatic carbocycles. The van der Waals surface area contributed by atoms with Crippen LogP contribution in [0.1, 0.15) is 87.3 Å². The zero-order valence-electron chi connectivity index (χ0n) is 23.9. The lowest BCUT2D eigenvalue weighted by atomic mass is 9.78. The van der Waals surface area contributed by atoms with Crippen LogP contribution < -0.4 is 4.74 Å². The minimum absolute atomic E-state index is 0.179. The first-order chi connectivity index (χ1) is 20.3. The van der Waals surface area contributed by atoms with Crippen LogP contribution in [-0.2, 0) is 17.3 Å². The number of allylic oxidation sites excluding steroid dienone is 4. The molecule has 0 aromatic heterocycles. The molecule has 4 rings (SSSR count). The molecule has 10 heteroatoms. The summed E-state index contributed by atoms with van der Waals surface area (Å²) >= 11 is 0. The van der Waals surface area contributed by atoms with Gasteiger partial charge in [0, 0.05) is 0 Å². The monoisotopic (exact) mass is 616 g/mol. The molecule has 2 aromatic carbocycles. The third-order valence-corrected chi connectivity index (χ3v) is 8.35. The summed E-state index contributed by atoms with van der Waals surface area (Å²) in [5.74, 6) is -4.94. The number of halogens is 8. The van der Waals surface area contributed by atoms with E-state index in [1.165, 1.54) is 6.07 Å². The first kappa shape index (κ1) is 33.0. The van der Waals surface area contributed by atoms with E-state index < -0.39 is 47.3 Å². The van der Waals surface area contributed by atoms with E-state index in [4.69, 9.17) is 4.74 Å². The van der Waals surface area contributed by atoms with Crippen LogP contribution in [0.2, 0.25) is 0 Å². The van der Waals surface area contributed by atoms with Crippen LogP contribution in [0.15, 0.2) is 54.6 Å². The second-order valence-corrected chi connectivity index (χ2v) is 11.5. The van der Waals surface area contributed by atoms with Gasteiger partial charge in [0.2, 0.25) is 5.75 Å². The molecule has 0 atom stereocenters. The highest BCUT2D eigenvalue weighted by atomic mass is 19.4. The molecule has 0 N–H and O–H groups in total. The van der Waals surface area contributed by atoms with Crippen molar-refractivity contribution in [2.45, 2.75) is 95.6 Å². The Labute approximate surface area is 246 Å². The molecule has 2 fully saturated rings. The third-order valence-electron chi connectivity index (χ3n) is 8.35. The summed E-state index contributed by atoms with van der Waals surface area (Å²) in [7, 11) is 0. The van der Waals surface area contributed by atoms with Crippen molar-refractivity contribution in [2.75, 3.05) is 0 Å². The highest BCUT2D eigenvalue weighted by molar-refractivity contribution is 5.33. The normalized spacial score (nSPS) is 23.7. The molecule has 43 heavy (non-hydrogen) atoms. The van der Waals surface area contributed by atoms with Crippen LogP contribution in [0.25, 0.3) is 0 Å². The van der Waals surface area contributed by atoms with Crippen LogP contribution in [0.3, 0.4) is 0 Å². The Morgan fingerprint density at radius 1 is 0.767 bits per heavy atom. The summed E-state index contributed by atoms with van der Waals surface area (Å²) in [6.07, 6.45) is 4.55. The zero-order valence-corrected chi connectivity index (χ0v) is 23.9. The molecule has 0 unspecified atom stereocenters. The fourth-order valence-corrected chi connectivity index (χ4v) is 6.03. The van der Waals surface area contributed by atoms with E-state index in [0.717, 1.165) is 37.1 Å². The van der Waals surface area contributed by atoms with Gasteiger partial charge >= 0.3 is 12.5 Å². The Morgan fingerprint density at radius 3 is 1.88 bits per heavy atom. The number of benzene rings is 2. The molecule has 0 heterocycles. The van der Waals surface area contributed by atoms with E-state index in [1.807, 2.05) is 19.1 Å². The summed E-state index contributed by atoms with van der Waals surface area (Å²) in [6, 6.07) is 5.57. The van der Waals surface area contributed by atoms with Crippen molar-refractivity contribution < 1.29 is 44.6 Å². The summed E-state index contributed by atoms with van der Waals surface area (Å²) < 4.78 is 118. The molecule has 2 aromatic rings. The Bertz CT molecular complexity index is 1250. The molecule has 236 valence electrons. The Balaban J connectivity index is 1.23. The SMILES string of the molecule is C/C=C/CCc1ccc(C(F)(F)OC2CCC(/C=C/C3CCC(c4cc(F)c(OC(F)(F)F)c(F)c4)CC3)CC2)c(F)c1. The number of rotatable bonds is 10. The van der Waals surface area contributed by atoms with Crippen LogP contribution >= 0.6 is 0 Å². The highest BCUT2D eigenvalue weighted by Gasteiger charge is 2.40. The van der Waals surface area contributed by atoms with Crippen molar-refractivity contribution in [2.24, 2.45) is 11.8 Å². The Morgan fingerprint density at radius 2 is 1.35 bits per heavy atom. The lowest BCUT2D eigenvalue weighted by Crippen LogP contribution is -2.30. The van der Waals surface area contributed by atoms with Gasteiger partial charge in [-0.3, -0.25) is 0 Å². The molecule has 2 aliphatic rings. The number of alkyl halides is 5. The van der Waals surface area contributed by atoms with Gasteiger partial charge in [-0.2, -0.15) is 8.78 Å². The lowest BCUT2D eigenvalue weighted by Gasteiger charge is -2.31. The quantitative estimate of drug-likeness (QED) is 0.195. The van der Waals surface area contributed by atoms with E-state index in [0.29, 0.717) is 62.5 Å². The van der Waals surface area contributed by atoms with E-state index in [9.17, 15) is 35.1 Å². The van der Waals surface area contributed by atoms with E-state index in [1.54, 1.807) is 0 Å². The van der Waals surface area contributed by atoms with Gasteiger partial charge in [0.05, 0.1) is 11.7 Å². The number of hydrogen-bond acceptors (Lipinski definition) is 2. The molecule has 0 spiro atoms. The number of ether oxygens (including phenoxy) is 2. The van der Waals surface area contributed by atoms with Gasteiger partial charge in [-0.05, 0) is 124 Å². The van der Waals surface area contributed by atoms with Gasteiger partial charge in [0.15, 0.2) is 11.6 Å². The second-order valence-electron chi connectivity index (χ2n) is 11.5. The highest BCUT2D eigenvalue weighted by Crippen LogP contribution is 2.41. The summed E-state index contributed by atoms with van der Waals surface area (Å²) in [6.45, 7) is 1.88. The first-order valence-corrected chi connectivity index (χ1v) is 14.7. The molecule has 0 aliphatic heterocycles. The topological polar surface area (TPSA) is 18.5 Å². The zero-order chi connectivity index (χ0) is 31.2. The molecular weight excluding hydrogens is 580 g/mol. The van der Waals surface area contributed by atoms with Crippen LogP contribution in [0.4, 0.5) is 35.1 Å². The average Bonchev–Trinajstić information content (AvgIpc) is 2.94. The smallest absolute Gasteiger partial charge is 0.399 e. The maximum atomic E-state index is 14.8. The van der Waals surface area contributed by atoms with Crippen molar-refractivity contribution in [1.29, 1.82) is 0 Å². The van der Waals surface area contributed by atoms with Crippen LogP contribution in [0, 0.1) is 29.3 Å². The number of hydrogen-bond donors (Lipinski definition) is 0. The fraction of sp³-hybridized carbons (Fsp3) is 0.515. The Kier molecular flexibility index (Phi) is 11.0. The van der Waals surface area contributed by atoms with Gasteiger partial charge in [-0.15, -0.1) is 13.2 Å². The molecule has 0 radical (unpaired) electrons. The van der Waals surface area contributed by atoms with E-state index >= 15 is 0 Å². The van der Waals surface area contributed by atoms with Crippen molar-refractivity contribution in [3.05, 3.63) is 88.8 Å². The van der Waals surface area contributed by atoms with Gasteiger partial charge in [0.25, 0.3) is 0 Å². The summed E-state index contributed by atoms with van der Waals surface area (Å²) in [4.78, 5) is 0. The molecular formula is C33H36F8O2. The van der Waals surface area contributed by atoms with Crippen molar-refractivity contribution >= 4 is 0 Å². The van der Waals surface area contributed by atoms with Gasteiger partial charge in [0.1, 0.15) is 5.82 Å². The van der Waals surface area contributed by atoms with E-state index in [-0.39, 0.29) is 17.8 Å². The van der Waals surface area contributed by atoms with Crippen LogP contribution in [-0.4, -0.2) is 12.5 Å². The first-order valence-electron chi connectivity index (χ1n) is 14.7. The minimum atomic E-state index is -5.19. The Hall–Kier alpha value is -2.88. The standard InChI is InChI=1S/C33H36F8O2/c1-2-3-4-5-23-12-17-27(28(34)18-23)32(37,38)42-26-15-10-22(11-16-26)7-6-21-8-13-24(14-9-21)25-19-29(35)31(30(36)20-25)43-33(39,40)41/h2-3,6-7,12,17-22,24,26H,4-5,8-11,13-16H2,1H3/b3-2+,7-6+. The lowest BCUT2D eigenvalue weighted by molar-refractivity contribution is -0.279. The minimum Gasteiger partial charge on any atom is -0.399 e. The maximum absolute atomic E-state index is 14.8. The fourth-order valence-electron chi connectivity index (χ4n) is 6.03. The molecule has 2 saturated carbocycles. The molecule has 0 amide bonds. The predicted molar refractivity (Wildman–Crippen MR) is 147 cm³/mol.